The molecule has 0 N–H and O–H groups in total. The third-order valence-electron chi connectivity index (χ3n) is 5.65. The van der Waals surface area contributed by atoms with Gasteiger partial charge < -0.3 is 9.64 Å². The Morgan fingerprint density at radius 3 is 2.54 bits per heavy atom. The quantitative estimate of drug-likeness (QED) is 0.789. The zero-order valence-electron chi connectivity index (χ0n) is 15.5. The van der Waals surface area contributed by atoms with Gasteiger partial charge in [0.15, 0.2) is 0 Å². The zero-order valence-corrected chi connectivity index (χ0v) is 16.4. The summed E-state index contributed by atoms with van der Waals surface area (Å²) in [5.74, 6) is 0.530. The molecule has 0 aliphatic carbocycles. The smallest absolute Gasteiger partial charge is 0.243 e. The Bertz CT molecular complexity index is 1110. The van der Waals surface area contributed by atoms with Crippen molar-refractivity contribution in [2.75, 3.05) is 32.1 Å². The number of amides is 1. The number of carbonyl (C=O) groups is 1. The summed E-state index contributed by atoms with van der Waals surface area (Å²) in [6, 6.07) is 13.2. The largest absolute Gasteiger partial charge is 0.497 e. The minimum atomic E-state index is -3.76. The number of anilines is 1. The second-order valence-electron chi connectivity index (χ2n) is 7.05. The highest BCUT2D eigenvalue weighted by Crippen LogP contribution is 2.48. The summed E-state index contributed by atoms with van der Waals surface area (Å²) in [4.78, 5) is 14.8. The minimum absolute atomic E-state index is 0.0820. The molecule has 28 heavy (non-hydrogen) atoms. The van der Waals surface area contributed by atoms with Gasteiger partial charge in [-0.1, -0.05) is 0 Å². The molecule has 2 aromatic rings. The van der Waals surface area contributed by atoms with Gasteiger partial charge in [-0.2, -0.15) is 9.57 Å². The average molecular weight is 397 g/mol. The van der Waals surface area contributed by atoms with Crippen molar-refractivity contribution in [3.63, 3.8) is 0 Å². The molecule has 1 amide bonds. The number of sulfonamides is 1. The van der Waals surface area contributed by atoms with Crippen LogP contribution in [0.4, 0.5) is 5.69 Å². The van der Waals surface area contributed by atoms with E-state index >= 15 is 0 Å². The third kappa shape index (κ3) is 2.51. The van der Waals surface area contributed by atoms with E-state index < -0.39 is 15.4 Å². The SMILES string of the molecule is COc1ccc2c(c1)C1(CCN(S(=O)(=O)c3ccc(C#N)cc3)C1)C(=O)N2C. The van der Waals surface area contributed by atoms with Gasteiger partial charge >= 0.3 is 0 Å². The number of carbonyl (C=O) groups excluding carboxylic acids is 1. The van der Waals surface area contributed by atoms with E-state index in [1.807, 2.05) is 18.2 Å². The van der Waals surface area contributed by atoms with Crippen LogP contribution in [0.15, 0.2) is 47.4 Å². The highest BCUT2D eigenvalue weighted by molar-refractivity contribution is 7.89. The van der Waals surface area contributed by atoms with Crippen molar-refractivity contribution in [2.45, 2.75) is 16.7 Å². The summed E-state index contributed by atoms with van der Waals surface area (Å²) in [7, 11) is -0.495. The number of ether oxygens (including phenoxy) is 1. The lowest BCUT2D eigenvalue weighted by molar-refractivity contribution is -0.122. The van der Waals surface area contributed by atoms with Crippen LogP contribution in [0.2, 0.25) is 0 Å². The highest BCUT2D eigenvalue weighted by atomic mass is 32.2. The Morgan fingerprint density at radius 2 is 1.89 bits per heavy atom. The van der Waals surface area contributed by atoms with Gasteiger partial charge in [0.1, 0.15) is 5.75 Å². The predicted octanol–water partition coefficient (Wildman–Crippen LogP) is 1.88. The van der Waals surface area contributed by atoms with Crippen molar-refractivity contribution >= 4 is 21.6 Å². The Kier molecular flexibility index (Phi) is 4.17. The number of rotatable bonds is 3. The van der Waals surface area contributed by atoms with Gasteiger partial charge in [-0.25, -0.2) is 8.42 Å². The van der Waals surface area contributed by atoms with Crippen molar-refractivity contribution in [3.05, 3.63) is 53.6 Å². The zero-order chi connectivity index (χ0) is 20.1. The second-order valence-corrected chi connectivity index (χ2v) is 8.99. The van der Waals surface area contributed by atoms with Crippen LogP contribution in [0, 0.1) is 11.3 Å². The molecule has 4 rings (SSSR count). The Morgan fingerprint density at radius 1 is 1.18 bits per heavy atom. The number of nitrogens with zero attached hydrogens (tertiary/aromatic N) is 3. The molecule has 2 aliphatic heterocycles. The maximum Gasteiger partial charge on any atom is 0.243 e. The van der Waals surface area contributed by atoms with Crippen molar-refractivity contribution < 1.29 is 17.9 Å². The van der Waals surface area contributed by atoms with E-state index in [2.05, 4.69) is 0 Å². The molecule has 7 nitrogen and oxygen atoms in total. The van der Waals surface area contributed by atoms with Crippen LogP contribution < -0.4 is 9.64 Å². The van der Waals surface area contributed by atoms with Crippen molar-refractivity contribution in [2.24, 2.45) is 0 Å². The first-order chi connectivity index (χ1) is 13.3. The van der Waals surface area contributed by atoms with Crippen molar-refractivity contribution in [1.29, 1.82) is 5.26 Å². The molecule has 0 bridgehead atoms. The van der Waals surface area contributed by atoms with Gasteiger partial charge in [0.25, 0.3) is 0 Å². The molecule has 1 spiro atoms. The fourth-order valence-electron chi connectivity index (χ4n) is 4.09. The monoisotopic (exact) mass is 397 g/mol. The normalized spacial score (nSPS) is 21.8. The van der Waals surface area contributed by atoms with E-state index in [0.717, 1.165) is 11.3 Å². The molecule has 2 aromatic carbocycles. The summed E-state index contributed by atoms with van der Waals surface area (Å²) in [6.07, 6.45) is 0.409. The van der Waals surface area contributed by atoms with Crippen LogP contribution in [0.5, 0.6) is 5.75 Å². The fourth-order valence-corrected chi connectivity index (χ4v) is 5.59. The third-order valence-corrected chi connectivity index (χ3v) is 7.51. The Balaban J connectivity index is 1.72. The maximum absolute atomic E-state index is 13.1. The number of likely N-dealkylation sites (N-methyl/N-ethyl adjacent to an activating group) is 1. The number of benzene rings is 2. The number of nitriles is 1. The topological polar surface area (TPSA) is 90.7 Å². The van der Waals surface area contributed by atoms with Gasteiger partial charge in [-0.15, -0.1) is 0 Å². The van der Waals surface area contributed by atoms with Gasteiger partial charge in [0.2, 0.25) is 15.9 Å². The molecule has 2 heterocycles. The average Bonchev–Trinajstić information content (AvgIpc) is 3.26. The van der Waals surface area contributed by atoms with Crippen LogP contribution in [0.1, 0.15) is 17.5 Å². The first-order valence-electron chi connectivity index (χ1n) is 8.80. The number of hydrogen-bond donors (Lipinski definition) is 0. The van der Waals surface area contributed by atoms with E-state index in [1.54, 1.807) is 25.1 Å². The molecule has 1 saturated heterocycles. The van der Waals surface area contributed by atoms with Gasteiger partial charge in [-0.05, 0) is 54.4 Å². The number of methoxy groups -OCH3 is 1. The summed E-state index contributed by atoms with van der Waals surface area (Å²) in [5, 5.41) is 8.91. The molecule has 8 heteroatoms. The summed E-state index contributed by atoms with van der Waals surface area (Å²) < 4.78 is 32.8. The fraction of sp³-hybridized carbons (Fsp3) is 0.300. The summed E-state index contributed by atoms with van der Waals surface area (Å²) >= 11 is 0. The standard InChI is InChI=1S/C20H19N3O4S/c1-22-18-8-5-15(27-2)11-17(18)20(19(22)24)9-10-23(13-20)28(25,26)16-6-3-14(12-21)4-7-16/h3-8,11H,9-10,13H2,1-2H3. The molecular weight excluding hydrogens is 378 g/mol. The minimum Gasteiger partial charge on any atom is -0.497 e. The van der Waals surface area contributed by atoms with E-state index in [1.165, 1.54) is 28.6 Å². The molecule has 2 aliphatic rings. The second kappa shape index (κ2) is 6.33. The Labute approximate surface area is 163 Å². The van der Waals surface area contributed by atoms with Crippen LogP contribution in [0.3, 0.4) is 0 Å². The van der Waals surface area contributed by atoms with E-state index in [9.17, 15) is 13.2 Å². The molecule has 144 valence electrons. The summed E-state index contributed by atoms with van der Waals surface area (Å²) in [6.45, 7) is 0.331. The molecular formula is C20H19N3O4S. The molecule has 0 saturated carbocycles. The van der Waals surface area contributed by atoms with Crippen LogP contribution in [-0.2, 0) is 20.2 Å². The number of fused-ring (bicyclic) bond motifs is 2. The molecule has 0 radical (unpaired) electrons. The predicted molar refractivity (Wildman–Crippen MR) is 103 cm³/mol. The van der Waals surface area contributed by atoms with Gasteiger partial charge in [0, 0.05) is 25.8 Å². The molecule has 1 fully saturated rings. The van der Waals surface area contributed by atoms with Gasteiger partial charge in [0.05, 0.1) is 29.1 Å². The lowest BCUT2D eigenvalue weighted by Crippen LogP contribution is -2.42. The number of hydrogen-bond acceptors (Lipinski definition) is 5. The van der Waals surface area contributed by atoms with Crippen LogP contribution >= 0.6 is 0 Å². The first-order valence-corrected chi connectivity index (χ1v) is 10.2. The van der Waals surface area contributed by atoms with E-state index in [0.29, 0.717) is 17.7 Å². The van der Waals surface area contributed by atoms with Crippen LogP contribution in [0.25, 0.3) is 0 Å². The lowest BCUT2D eigenvalue weighted by Gasteiger charge is -2.23. The Hall–Kier alpha value is -2.89. The van der Waals surface area contributed by atoms with Crippen molar-refractivity contribution in [3.8, 4) is 11.8 Å². The van der Waals surface area contributed by atoms with E-state index in [-0.39, 0.29) is 23.9 Å². The van der Waals surface area contributed by atoms with Crippen LogP contribution in [-0.4, -0.2) is 45.9 Å². The molecule has 1 unspecified atom stereocenters. The first kappa shape index (κ1) is 18.5. The summed E-state index contributed by atoms with van der Waals surface area (Å²) in [5.41, 5.74) is 1.07. The van der Waals surface area contributed by atoms with Crippen molar-refractivity contribution in [1.82, 2.24) is 4.31 Å². The lowest BCUT2D eigenvalue weighted by atomic mass is 9.81. The van der Waals surface area contributed by atoms with Gasteiger partial charge in [-0.3, -0.25) is 4.79 Å². The molecule has 1 atom stereocenters. The van der Waals surface area contributed by atoms with E-state index in [4.69, 9.17) is 10.00 Å². The molecule has 0 aromatic heterocycles. The highest BCUT2D eigenvalue weighted by Gasteiger charge is 2.55. The maximum atomic E-state index is 13.1.